The van der Waals surface area contributed by atoms with E-state index in [1.165, 1.54) is 17.7 Å². The number of aryl methyl sites for hydroxylation is 2. The highest BCUT2D eigenvalue weighted by Crippen LogP contribution is 2.09. The molecule has 1 nitrogen and oxygen atoms in total. The van der Waals surface area contributed by atoms with Crippen molar-refractivity contribution < 1.29 is 8.81 Å². The smallest absolute Gasteiger partial charge is 0.123 e. The fraction of sp³-hybridized carbons (Fsp3) is 0.231. The molecular weight excluding hydrogens is 191 g/mol. The molecule has 0 saturated heterocycles. The highest BCUT2D eigenvalue weighted by atomic mass is 19.1. The summed E-state index contributed by atoms with van der Waals surface area (Å²) in [6, 6.07) is 10.5. The van der Waals surface area contributed by atoms with Crippen molar-refractivity contribution in [3.05, 3.63) is 59.8 Å². The van der Waals surface area contributed by atoms with Gasteiger partial charge in [-0.2, -0.15) is 0 Å². The maximum Gasteiger partial charge on any atom is 0.123 e. The van der Waals surface area contributed by atoms with Crippen LogP contribution in [0.4, 0.5) is 4.39 Å². The van der Waals surface area contributed by atoms with Gasteiger partial charge in [0.2, 0.25) is 0 Å². The molecule has 0 aliphatic carbocycles. The second kappa shape index (κ2) is 4.78. The highest BCUT2D eigenvalue weighted by molar-refractivity contribution is 5.16. The Morgan fingerprint density at radius 3 is 2.47 bits per heavy atom. The maximum atomic E-state index is 12.6. The SMILES string of the molecule is Fc1ccc(CCCc2ccco2)cc1. The Morgan fingerprint density at radius 1 is 1.00 bits per heavy atom. The Bertz CT molecular complexity index is 389. The molecule has 0 bridgehead atoms. The van der Waals surface area contributed by atoms with Gasteiger partial charge in [0.15, 0.2) is 0 Å². The normalized spacial score (nSPS) is 10.5. The standard InChI is InChI=1S/C13H13FO/c14-12-8-6-11(7-9-12)3-1-4-13-5-2-10-15-13/h2,5-10H,1,3-4H2. The average Bonchev–Trinajstić information content (AvgIpc) is 2.74. The summed E-state index contributed by atoms with van der Waals surface area (Å²) in [6.07, 6.45) is 4.61. The van der Waals surface area contributed by atoms with E-state index in [4.69, 9.17) is 4.42 Å². The van der Waals surface area contributed by atoms with Crippen LogP contribution in [-0.2, 0) is 12.8 Å². The summed E-state index contributed by atoms with van der Waals surface area (Å²) in [5.41, 5.74) is 1.17. The monoisotopic (exact) mass is 204 g/mol. The van der Waals surface area contributed by atoms with E-state index < -0.39 is 0 Å². The highest BCUT2D eigenvalue weighted by Gasteiger charge is 1.97. The van der Waals surface area contributed by atoms with Gasteiger partial charge in [-0.05, 0) is 42.7 Å². The van der Waals surface area contributed by atoms with Crippen molar-refractivity contribution in [3.63, 3.8) is 0 Å². The Hall–Kier alpha value is -1.57. The first-order valence-corrected chi connectivity index (χ1v) is 5.11. The molecule has 0 N–H and O–H groups in total. The van der Waals surface area contributed by atoms with Crippen LogP contribution in [0.25, 0.3) is 0 Å². The number of hydrogen-bond donors (Lipinski definition) is 0. The lowest BCUT2D eigenvalue weighted by Gasteiger charge is -1.99. The van der Waals surface area contributed by atoms with Crippen LogP contribution in [0.3, 0.4) is 0 Å². The molecule has 0 aliphatic heterocycles. The lowest BCUT2D eigenvalue weighted by molar-refractivity contribution is 0.502. The summed E-state index contributed by atoms with van der Waals surface area (Å²) in [5, 5.41) is 0. The zero-order valence-corrected chi connectivity index (χ0v) is 8.45. The Labute approximate surface area is 88.5 Å². The van der Waals surface area contributed by atoms with Gasteiger partial charge in [-0.1, -0.05) is 12.1 Å². The van der Waals surface area contributed by atoms with E-state index in [0.29, 0.717) is 0 Å². The largest absolute Gasteiger partial charge is 0.469 e. The molecule has 2 rings (SSSR count). The number of furan rings is 1. The lowest BCUT2D eigenvalue weighted by Crippen LogP contribution is -1.88. The summed E-state index contributed by atoms with van der Waals surface area (Å²) >= 11 is 0. The van der Waals surface area contributed by atoms with Crippen LogP contribution in [0.2, 0.25) is 0 Å². The van der Waals surface area contributed by atoms with Crippen LogP contribution >= 0.6 is 0 Å². The van der Waals surface area contributed by atoms with Gasteiger partial charge in [-0.3, -0.25) is 0 Å². The predicted octanol–water partition coefficient (Wildman–Crippen LogP) is 3.59. The molecule has 0 atom stereocenters. The molecular formula is C13H13FO. The van der Waals surface area contributed by atoms with Gasteiger partial charge in [-0.15, -0.1) is 0 Å². The zero-order chi connectivity index (χ0) is 10.5. The maximum absolute atomic E-state index is 12.6. The summed E-state index contributed by atoms with van der Waals surface area (Å²) in [4.78, 5) is 0. The van der Waals surface area contributed by atoms with Gasteiger partial charge in [0, 0.05) is 6.42 Å². The molecule has 2 aromatic rings. The van der Waals surface area contributed by atoms with Crippen LogP contribution in [0, 0.1) is 5.82 Å². The molecule has 1 heterocycles. The van der Waals surface area contributed by atoms with Gasteiger partial charge in [0.25, 0.3) is 0 Å². The van der Waals surface area contributed by atoms with Crippen molar-refractivity contribution in [1.82, 2.24) is 0 Å². The molecule has 0 radical (unpaired) electrons. The van der Waals surface area contributed by atoms with Crippen molar-refractivity contribution >= 4 is 0 Å². The van der Waals surface area contributed by atoms with Gasteiger partial charge in [-0.25, -0.2) is 4.39 Å². The molecule has 1 aromatic heterocycles. The van der Waals surface area contributed by atoms with Crippen LogP contribution in [0.5, 0.6) is 0 Å². The first kappa shape index (κ1) is 9.97. The minimum Gasteiger partial charge on any atom is -0.469 e. The number of hydrogen-bond acceptors (Lipinski definition) is 1. The van der Waals surface area contributed by atoms with Crippen molar-refractivity contribution in [2.45, 2.75) is 19.3 Å². The Morgan fingerprint density at radius 2 is 1.80 bits per heavy atom. The average molecular weight is 204 g/mol. The van der Waals surface area contributed by atoms with Crippen molar-refractivity contribution in [1.29, 1.82) is 0 Å². The number of benzene rings is 1. The van der Waals surface area contributed by atoms with Crippen LogP contribution in [-0.4, -0.2) is 0 Å². The summed E-state index contributed by atoms with van der Waals surface area (Å²) < 4.78 is 17.8. The molecule has 0 fully saturated rings. The third-order valence-electron chi connectivity index (χ3n) is 2.38. The van der Waals surface area contributed by atoms with Crippen LogP contribution in [0.1, 0.15) is 17.7 Å². The van der Waals surface area contributed by atoms with Gasteiger partial charge in [0.05, 0.1) is 6.26 Å². The van der Waals surface area contributed by atoms with E-state index in [9.17, 15) is 4.39 Å². The molecule has 0 unspecified atom stereocenters. The second-order valence-electron chi connectivity index (χ2n) is 3.56. The minimum atomic E-state index is -0.176. The summed E-state index contributed by atoms with van der Waals surface area (Å²) in [5.74, 6) is 0.835. The third-order valence-corrected chi connectivity index (χ3v) is 2.38. The van der Waals surface area contributed by atoms with Crippen molar-refractivity contribution in [2.75, 3.05) is 0 Å². The number of halogens is 1. The lowest BCUT2D eigenvalue weighted by atomic mass is 10.1. The van der Waals surface area contributed by atoms with Crippen molar-refractivity contribution in [2.24, 2.45) is 0 Å². The third kappa shape index (κ3) is 2.94. The van der Waals surface area contributed by atoms with Crippen LogP contribution in [0.15, 0.2) is 47.1 Å². The summed E-state index contributed by atoms with van der Waals surface area (Å²) in [6.45, 7) is 0. The molecule has 78 valence electrons. The quantitative estimate of drug-likeness (QED) is 0.741. The molecule has 0 aliphatic rings. The molecule has 2 heteroatoms. The topological polar surface area (TPSA) is 13.1 Å². The predicted molar refractivity (Wildman–Crippen MR) is 57.1 cm³/mol. The van der Waals surface area contributed by atoms with Gasteiger partial charge in [0.1, 0.15) is 11.6 Å². The molecule has 1 aromatic carbocycles. The van der Waals surface area contributed by atoms with E-state index in [0.717, 1.165) is 25.0 Å². The van der Waals surface area contributed by atoms with Crippen LogP contribution < -0.4 is 0 Å². The summed E-state index contributed by atoms with van der Waals surface area (Å²) in [7, 11) is 0. The molecule has 0 amide bonds. The van der Waals surface area contributed by atoms with E-state index in [-0.39, 0.29) is 5.82 Å². The first-order valence-electron chi connectivity index (χ1n) is 5.11. The van der Waals surface area contributed by atoms with E-state index in [1.54, 1.807) is 6.26 Å². The second-order valence-corrected chi connectivity index (χ2v) is 3.56. The first-order chi connectivity index (χ1) is 7.34. The fourth-order valence-electron chi connectivity index (χ4n) is 1.57. The number of rotatable bonds is 4. The Balaban J connectivity index is 1.81. The van der Waals surface area contributed by atoms with Crippen molar-refractivity contribution in [3.8, 4) is 0 Å². The van der Waals surface area contributed by atoms with E-state index in [2.05, 4.69) is 0 Å². The zero-order valence-electron chi connectivity index (χ0n) is 8.45. The Kier molecular flexibility index (Phi) is 3.18. The van der Waals surface area contributed by atoms with Gasteiger partial charge < -0.3 is 4.42 Å². The molecule has 15 heavy (non-hydrogen) atoms. The van der Waals surface area contributed by atoms with Gasteiger partial charge >= 0.3 is 0 Å². The van der Waals surface area contributed by atoms with E-state index in [1.807, 2.05) is 24.3 Å². The fourth-order valence-corrected chi connectivity index (χ4v) is 1.57. The molecule has 0 saturated carbocycles. The molecule has 0 spiro atoms. The van der Waals surface area contributed by atoms with E-state index >= 15 is 0 Å². The minimum absolute atomic E-state index is 0.176.